The number of aryl methyl sites for hydroxylation is 2. The summed E-state index contributed by atoms with van der Waals surface area (Å²) in [6, 6.07) is 1.47. The van der Waals surface area contributed by atoms with E-state index in [1.165, 1.54) is 36.9 Å². The van der Waals surface area contributed by atoms with Gasteiger partial charge in [-0.05, 0) is 64.4 Å². The van der Waals surface area contributed by atoms with Crippen LogP contribution in [0.2, 0.25) is 0 Å². The summed E-state index contributed by atoms with van der Waals surface area (Å²) in [6.07, 6.45) is 6.45. The first-order valence-electron chi connectivity index (χ1n) is 8.97. The highest BCUT2D eigenvalue weighted by molar-refractivity contribution is 5.85. The van der Waals surface area contributed by atoms with Crippen LogP contribution >= 0.6 is 12.4 Å². The van der Waals surface area contributed by atoms with Crippen molar-refractivity contribution in [3.05, 3.63) is 17.0 Å². The van der Waals surface area contributed by atoms with E-state index in [1.54, 1.807) is 0 Å². The maximum absolute atomic E-state index is 12.4. The lowest BCUT2D eigenvalue weighted by molar-refractivity contribution is -0.122. The number of nitrogens with one attached hydrogen (secondary N) is 2. The van der Waals surface area contributed by atoms with Gasteiger partial charge in [-0.3, -0.25) is 9.48 Å². The minimum atomic E-state index is 0. The number of carbonyl (C=O) groups is 1. The van der Waals surface area contributed by atoms with Crippen molar-refractivity contribution in [3.63, 3.8) is 0 Å². The zero-order chi connectivity index (χ0) is 16.6. The molecular formula is C18H31ClN4O. The number of hydrogen-bond donors (Lipinski definition) is 2. The van der Waals surface area contributed by atoms with E-state index in [2.05, 4.69) is 29.6 Å². The van der Waals surface area contributed by atoms with Gasteiger partial charge >= 0.3 is 0 Å². The van der Waals surface area contributed by atoms with Gasteiger partial charge in [0.05, 0.1) is 5.69 Å². The maximum atomic E-state index is 12.4. The van der Waals surface area contributed by atoms with Crippen LogP contribution in [0.5, 0.6) is 0 Å². The van der Waals surface area contributed by atoms with Crippen molar-refractivity contribution in [2.24, 2.45) is 13.0 Å². The summed E-state index contributed by atoms with van der Waals surface area (Å²) in [4.78, 5) is 12.4. The lowest BCUT2D eigenvalue weighted by atomic mass is 9.89. The van der Waals surface area contributed by atoms with Gasteiger partial charge in [0.1, 0.15) is 0 Å². The van der Waals surface area contributed by atoms with E-state index in [9.17, 15) is 4.79 Å². The van der Waals surface area contributed by atoms with Crippen molar-refractivity contribution in [2.75, 3.05) is 0 Å². The van der Waals surface area contributed by atoms with Gasteiger partial charge in [-0.15, -0.1) is 12.4 Å². The molecule has 2 N–H and O–H groups in total. The van der Waals surface area contributed by atoms with E-state index in [4.69, 9.17) is 0 Å². The normalized spacial score (nSPS) is 26.8. The van der Waals surface area contributed by atoms with Gasteiger partial charge in [0, 0.05) is 37.3 Å². The Morgan fingerprint density at radius 1 is 1.33 bits per heavy atom. The number of carbonyl (C=O) groups excluding carboxylic acids is 1. The quantitative estimate of drug-likeness (QED) is 0.853. The van der Waals surface area contributed by atoms with E-state index < -0.39 is 0 Å². The van der Waals surface area contributed by atoms with Gasteiger partial charge in [-0.1, -0.05) is 0 Å². The number of amides is 1. The average Bonchev–Trinajstić information content (AvgIpc) is 2.92. The Kier molecular flexibility index (Phi) is 6.32. The standard InChI is InChI=1S/C18H30N4O.ClH/c1-11(7-17-12(2)21-22(4)13(17)3)19-18(23)10-14-8-15-5-6-16(9-14)20-15;/h11,14-16,20H,5-10H2,1-4H3,(H,19,23);1H. The largest absolute Gasteiger partial charge is 0.353 e. The molecule has 3 heterocycles. The molecule has 1 aromatic rings. The number of hydrogen-bond acceptors (Lipinski definition) is 3. The monoisotopic (exact) mass is 354 g/mol. The highest BCUT2D eigenvalue weighted by Gasteiger charge is 2.34. The van der Waals surface area contributed by atoms with Crippen molar-refractivity contribution < 1.29 is 4.79 Å². The minimum absolute atomic E-state index is 0. The Morgan fingerprint density at radius 2 is 1.96 bits per heavy atom. The van der Waals surface area contributed by atoms with Crippen LogP contribution in [0.25, 0.3) is 0 Å². The SMILES string of the molecule is Cc1nn(C)c(C)c1CC(C)NC(=O)CC1CC2CCC(C1)N2.Cl. The summed E-state index contributed by atoms with van der Waals surface area (Å²) in [5, 5.41) is 11.3. The highest BCUT2D eigenvalue weighted by atomic mass is 35.5. The molecule has 0 aliphatic carbocycles. The molecule has 0 spiro atoms. The van der Waals surface area contributed by atoms with Crippen LogP contribution in [0.4, 0.5) is 0 Å². The molecule has 2 bridgehead atoms. The van der Waals surface area contributed by atoms with Crippen LogP contribution in [-0.4, -0.2) is 33.8 Å². The topological polar surface area (TPSA) is 59.0 Å². The summed E-state index contributed by atoms with van der Waals surface area (Å²) in [5.74, 6) is 0.769. The molecule has 0 radical (unpaired) electrons. The Bertz CT molecular complexity index is 574. The molecule has 0 saturated carbocycles. The first-order valence-corrected chi connectivity index (χ1v) is 8.97. The van der Waals surface area contributed by atoms with Crippen LogP contribution in [-0.2, 0) is 18.3 Å². The summed E-state index contributed by atoms with van der Waals surface area (Å²) >= 11 is 0. The van der Waals surface area contributed by atoms with Crippen molar-refractivity contribution in [1.82, 2.24) is 20.4 Å². The Hall–Kier alpha value is -1.07. The molecule has 0 aromatic carbocycles. The predicted molar refractivity (Wildman–Crippen MR) is 98.5 cm³/mol. The van der Waals surface area contributed by atoms with Gasteiger partial charge in [-0.25, -0.2) is 0 Å². The predicted octanol–water partition coefficient (Wildman–Crippen LogP) is 2.43. The summed E-state index contributed by atoms with van der Waals surface area (Å²) in [5.41, 5.74) is 3.53. The molecule has 3 rings (SSSR count). The summed E-state index contributed by atoms with van der Waals surface area (Å²) < 4.78 is 1.92. The highest BCUT2D eigenvalue weighted by Crippen LogP contribution is 2.32. The van der Waals surface area contributed by atoms with Gasteiger partial charge in [0.25, 0.3) is 0 Å². The summed E-state index contributed by atoms with van der Waals surface area (Å²) in [7, 11) is 1.97. The molecule has 2 saturated heterocycles. The number of aromatic nitrogens is 2. The van der Waals surface area contributed by atoms with Gasteiger partial charge in [0.2, 0.25) is 5.91 Å². The van der Waals surface area contributed by atoms with E-state index in [-0.39, 0.29) is 24.4 Å². The fourth-order valence-corrected chi connectivity index (χ4v) is 4.41. The fourth-order valence-electron chi connectivity index (χ4n) is 4.41. The zero-order valence-corrected chi connectivity index (χ0v) is 16.1. The molecule has 136 valence electrons. The molecule has 1 aromatic heterocycles. The van der Waals surface area contributed by atoms with Crippen molar-refractivity contribution in [1.29, 1.82) is 0 Å². The third kappa shape index (κ3) is 4.31. The van der Waals surface area contributed by atoms with Crippen LogP contribution < -0.4 is 10.6 Å². The molecule has 6 heteroatoms. The fraction of sp³-hybridized carbons (Fsp3) is 0.778. The first kappa shape index (κ1) is 19.3. The second-order valence-electron chi connectivity index (χ2n) is 7.63. The van der Waals surface area contributed by atoms with Gasteiger partial charge < -0.3 is 10.6 Å². The van der Waals surface area contributed by atoms with Crippen molar-refractivity contribution in [3.8, 4) is 0 Å². The van der Waals surface area contributed by atoms with Crippen LogP contribution in [0.1, 0.15) is 56.0 Å². The second-order valence-corrected chi connectivity index (χ2v) is 7.63. The van der Waals surface area contributed by atoms with Gasteiger partial charge in [-0.2, -0.15) is 5.10 Å². The lowest BCUT2D eigenvalue weighted by Crippen LogP contribution is -2.41. The van der Waals surface area contributed by atoms with Crippen molar-refractivity contribution in [2.45, 2.75) is 77.4 Å². The van der Waals surface area contributed by atoms with E-state index in [0.29, 0.717) is 24.4 Å². The third-order valence-corrected chi connectivity index (χ3v) is 5.62. The molecular weight excluding hydrogens is 324 g/mol. The minimum Gasteiger partial charge on any atom is -0.353 e. The van der Waals surface area contributed by atoms with Gasteiger partial charge in [0.15, 0.2) is 0 Å². The average molecular weight is 355 g/mol. The number of halogens is 1. The molecule has 2 fully saturated rings. The molecule has 3 atom stereocenters. The first-order chi connectivity index (χ1) is 10.9. The molecule has 2 aliphatic rings. The van der Waals surface area contributed by atoms with E-state index in [0.717, 1.165) is 12.1 Å². The Labute approximate surface area is 151 Å². The number of fused-ring (bicyclic) bond motifs is 2. The Morgan fingerprint density at radius 3 is 2.50 bits per heavy atom. The zero-order valence-electron chi connectivity index (χ0n) is 15.3. The number of rotatable bonds is 5. The smallest absolute Gasteiger partial charge is 0.220 e. The Balaban J connectivity index is 0.00000208. The lowest BCUT2D eigenvalue weighted by Gasteiger charge is -2.29. The molecule has 2 aliphatic heterocycles. The molecule has 3 unspecified atom stereocenters. The van der Waals surface area contributed by atoms with E-state index in [1.807, 2.05) is 18.7 Å². The van der Waals surface area contributed by atoms with Crippen molar-refractivity contribution >= 4 is 18.3 Å². The second kappa shape index (κ2) is 7.87. The number of piperidine rings is 1. The molecule has 5 nitrogen and oxygen atoms in total. The van der Waals surface area contributed by atoms with Crippen LogP contribution in [0.15, 0.2) is 0 Å². The maximum Gasteiger partial charge on any atom is 0.220 e. The molecule has 24 heavy (non-hydrogen) atoms. The molecule has 1 amide bonds. The summed E-state index contributed by atoms with van der Waals surface area (Å²) in [6.45, 7) is 6.23. The number of nitrogens with zero attached hydrogens (tertiary/aromatic N) is 2. The third-order valence-electron chi connectivity index (χ3n) is 5.62. The van der Waals surface area contributed by atoms with Crippen LogP contribution in [0.3, 0.4) is 0 Å². The van der Waals surface area contributed by atoms with E-state index >= 15 is 0 Å². The van der Waals surface area contributed by atoms with Crippen LogP contribution in [0, 0.1) is 19.8 Å².